The van der Waals surface area contributed by atoms with Gasteiger partial charge in [0.15, 0.2) is 0 Å². The van der Waals surface area contributed by atoms with Gasteiger partial charge in [-0.15, -0.1) is 0 Å². The molecule has 0 bridgehead atoms. The van der Waals surface area contributed by atoms with Crippen LogP contribution in [0.2, 0.25) is 0 Å². The van der Waals surface area contributed by atoms with Crippen molar-refractivity contribution < 1.29 is 9.53 Å². The maximum Gasteiger partial charge on any atom is 0.312 e. The molecule has 0 unspecified atom stereocenters. The first kappa shape index (κ1) is 12.5. The lowest BCUT2D eigenvalue weighted by atomic mass is 9.80. The van der Waals surface area contributed by atoms with Gasteiger partial charge in [0.05, 0.1) is 12.0 Å². The van der Waals surface area contributed by atoms with Crippen molar-refractivity contribution in [2.75, 3.05) is 6.61 Å². The number of rotatable bonds is 6. The highest BCUT2D eigenvalue weighted by molar-refractivity contribution is 5.76. The summed E-state index contributed by atoms with van der Waals surface area (Å²) in [6.07, 6.45) is 3.53. The van der Waals surface area contributed by atoms with E-state index in [1.165, 1.54) is 0 Å². The molecule has 0 aliphatic rings. The van der Waals surface area contributed by atoms with Gasteiger partial charge in [0.25, 0.3) is 0 Å². The summed E-state index contributed by atoms with van der Waals surface area (Å²) in [4.78, 5) is 11.7. The van der Waals surface area contributed by atoms with Crippen LogP contribution in [-0.2, 0) is 9.53 Å². The largest absolute Gasteiger partial charge is 0.465 e. The number of carbonyl (C=O) groups excluding carboxylic acids is 1. The van der Waals surface area contributed by atoms with Crippen LogP contribution >= 0.6 is 0 Å². The van der Waals surface area contributed by atoms with Crippen LogP contribution in [0.3, 0.4) is 0 Å². The van der Waals surface area contributed by atoms with Crippen LogP contribution in [0.4, 0.5) is 0 Å². The fourth-order valence-electron chi connectivity index (χ4n) is 1.53. The molecule has 0 aromatic heterocycles. The second-order valence-corrected chi connectivity index (χ2v) is 3.48. The van der Waals surface area contributed by atoms with Gasteiger partial charge >= 0.3 is 5.97 Å². The maximum atomic E-state index is 11.7. The van der Waals surface area contributed by atoms with Crippen LogP contribution in [0.1, 0.15) is 53.4 Å². The summed E-state index contributed by atoms with van der Waals surface area (Å²) in [5, 5.41) is 0. The Morgan fingerprint density at radius 3 is 1.85 bits per heavy atom. The molecular weight excluding hydrogens is 164 g/mol. The first-order valence-corrected chi connectivity index (χ1v) is 5.34. The quantitative estimate of drug-likeness (QED) is 0.596. The van der Waals surface area contributed by atoms with E-state index in [9.17, 15) is 4.79 Å². The predicted molar refractivity (Wildman–Crippen MR) is 54.6 cm³/mol. The van der Waals surface area contributed by atoms with E-state index in [1.807, 2.05) is 6.92 Å². The monoisotopic (exact) mass is 186 g/mol. The average Bonchev–Trinajstić information content (AvgIpc) is 2.18. The molecule has 0 saturated heterocycles. The van der Waals surface area contributed by atoms with Gasteiger partial charge in [-0.3, -0.25) is 4.79 Å². The van der Waals surface area contributed by atoms with Gasteiger partial charge in [0, 0.05) is 0 Å². The van der Waals surface area contributed by atoms with Crippen LogP contribution in [0.5, 0.6) is 0 Å². The Balaban J connectivity index is 4.26. The Bertz CT molecular complexity index is 140. The van der Waals surface area contributed by atoms with Gasteiger partial charge in [-0.25, -0.2) is 0 Å². The Morgan fingerprint density at radius 2 is 1.54 bits per heavy atom. The van der Waals surface area contributed by atoms with Crippen molar-refractivity contribution in [3.05, 3.63) is 0 Å². The van der Waals surface area contributed by atoms with Gasteiger partial charge in [-0.2, -0.15) is 0 Å². The number of esters is 1. The summed E-state index contributed by atoms with van der Waals surface area (Å²) in [5.41, 5.74) is -0.227. The van der Waals surface area contributed by atoms with E-state index >= 15 is 0 Å². The minimum Gasteiger partial charge on any atom is -0.465 e. The smallest absolute Gasteiger partial charge is 0.312 e. The summed E-state index contributed by atoms with van der Waals surface area (Å²) in [5.74, 6) is -0.0122. The van der Waals surface area contributed by atoms with Gasteiger partial charge in [-0.1, -0.05) is 27.7 Å². The SMILES string of the molecule is CCCOC(=O)C(CC)(CC)CC. The minimum atomic E-state index is -0.227. The molecule has 78 valence electrons. The topological polar surface area (TPSA) is 26.3 Å². The zero-order valence-corrected chi connectivity index (χ0v) is 9.35. The first-order chi connectivity index (χ1) is 6.16. The molecule has 0 fully saturated rings. The highest BCUT2D eigenvalue weighted by atomic mass is 16.5. The lowest BCUT2D eigenvalue weighted by molar-refractivity contribution is -0.156. The molecule has 0 rings (SSSR count). The summed E-state index contributed by atoms with van der Waals surface area (Å²) < 4.78 is 5.19. The molecule has 0 aromatic carbocycles. The van der Waals surface area contributed by atoms with E-state index in [2.05, 4.69) is 20.8 Å². The Kier molecular flexibility index (Phi) is 5.76. The molecule has 0 aromatic rings. The zero-order valence-electron chi connectivity index (χ0n) is 9.35. The second-order valence-electron chi connectivity index (χ2n) is 3.48. The normalized spacial score (nSPS) is 11.4. The highest BCUT2D eigenvalue weighted by Gasteiger charge is 2.34. The first-order valence-electron chi connectivity index (χ1n) is 5.34. The van der Waals surface area contributed by atoms with E-state index in [0.29, 0.717) is 6.61 Å². The predicted octanol–water partition coefficient (Wildman–Crippen LogP) is 3.16. The van der Waals surface area contributed by atoms with Gasteiger partial charge in [0.2, 0.25) is 0 Å². The molecule has 0 spiro atoms. The van der Waals surface area contributed by atoms with Crippen molar-refractivity contribution >= 4 is 5.97 Å². The van der Waals surface area contributed by atoms with Crippen molar-refractivity contribution in [3.8, 4) is 0 Å². The van der Waals surface area contributed by atoms with E-state index in [-0.39, 0.29) is 11.4 Å². The maximum absolute atomic E-state index is 11.7. The number of carbonyl (C=O) groups is 1. The summed E-state index contributed by atoms with van der Waals surface area (Å²) in [7, 11) is 0. The molecule has 0 amide bonds. The molecule has 0 N–H and O–H groups in total. The summed E-state index contributed by atoms with van der Waals surface area (Å²) in [6, 6.07) is 0. The molecule has 2 nitrogen and oxygen atoms in total. The molecule has 0 aliphatic carbocycles. The van der Waals surface area contributed by atoms with Crippen LogP contribution in [0.15, 0.2) is 0 Å². The summed E-state index contributed by atoms with van der Waals surface area (Å²) in [6.45, 7) is 8.74. The van der Waals surface area contributed by atoms with Crippen molar-refractivity contribution in [1.82, 2.24) is 0 Å². The molecule has 2 heteroatoms. The van der Waals surface area contributed by atoms with Crippen molar-refractivity contribution in [2.45, 2.75) is 53.4 Å². The van der Waals surface area contributed by atoms with E-state index in [4.69, 9.17) is 4.74 Å². The standard InChI is InChI=1S/C11H22O2/c1-5-9-13-10(12)11(6-2,7-3)8-4/h5-9H2,1-4H3. The second kappa shape index (κ2) is 6.01. The molecule has 13 heavy (non-hydrogen) atoms. The lowest BCUT2D eigenvalue weighted by Crippen LogP contribution is -2.31. The Hall–Kier alpha value is -0.530. The Morgan fingerprint density at radius 1 is 1.08 bits per heavy atom. The number of ether oxygens (including phenoxy) is 1. The molecule has 0 atom stereocenters. The fourth-order valence-corrected chi connectivity index (χ4v) is 1.53. The third-order valence-electron chi connectivity index (χ3n) is 2.90. The summed E-state index contributed by atoms with van der Waals surface area (Å²) >= 11 is 0. The third kappa shape index (κ3) is 3.02. The van der Waals surface area contributed by atoms with Crippen LogP contribution in [0, 0.1) is 5.41 Å². The van der Waals surface area contributed by atoms with E-state index in [0.717, 1.165) is 25.7 Å². The van der Waals surface area contributed by atoms with Crippen molar-refractivity contribution in [1.29, 1.82) is 0 Å². The third-order valence-corrected chi connectivity index (χ3v) is 2.90. The van der Waals surface area contributed by atoms with Crippen LogP contribution in [0.25, 0.3) is 0 Å². The molecule has 0 aliphatic heterocycles. The zero-order chi connectivity index (χ0) is 10.3. The number of hydrogen-bond acceptors (Lipinski definition) is 2. The molecule has 0 radical (unpaired) electrons. The van der Waals surface area contributed by atoms with Crippen molar-refractivity contribution in [2.24, 2.45) is 5.41 Å². The Labute approximate surface area is 81.7 Å². The van der Waals surface area contributed by atoms with Gasteiger partial charge in [-0.05, 0) is 25.7 Å². The van der Waals surface area contributed by atoms with Crippen molar-refractivity contribution in [3.63, 3.8) is 0 Å². The van der Waals surface area contributed by atoms with Gasteiger partial charge in [0.1, 0.15) is 0 Å². The molecule has 0 saturated carbocycles. The lowest BCUT2D eigenvalue weighted by Gasteiger charge is -2.27. The minimum absolute atomic E-state index is 0.0122. The average molecular weight is 186 g/mol. The molecular formula is C11H22O2. The fraction of sp³-hybridized carbons (Fsp3) is 0.909. The highest BCUT2D eigenvalue weighted by Crippen LogP contribution is 2.31. The van der Waals surface area contributed by atoms with E-state index in [1.54, 1.807) is 0 Å². The molecule has 0 heterocycles. The van der Waals surface area contributed by atoms with Crippen LogP contribution in [-0.4, -0.2) is 12.6 Å². The van der Waals surface area contributed by atoms with E-state index < -0.39 is 0 Å². The van der Waals surface area contributed by atoms with Gasteiger partial charge < -0.3 is 4.74 Å². The van der Waals surface area contributed by atoms with Crippen LogP contribution < -0.4 is 0 Å². The number of hydrogen-bond donors (Lipinski definition) is 0.